The number of hydrogen-bond donors (Lipinski definition) is 1. The van der Waals surface area contributed by atoms with E-state index in [2.05, 4.69) is 18.8 Å². The highest BCUT2D eigenvalue weighted by molar-refractivity contribution is 5.24. The first-order valence-corrected chi connectivity index (χ1v) is 4.26. The molecule has 68 valence electrons. The van der Waals surface area contributed by atoms with Gasteiger partial charge in [-0.2, -0.15) is 5.26 Å². The fraction of sp³-hybridized carbons (Fsp3) is 0.400. The molecule has 1 heterocycles. The zero-order valence-corrected chi connectivity index (χ0v) is 7.86. The lowest BCUT2D eigenvalue weighted by atomic mass is 9.98. The first-order valence-electron chi connectivity index (χ1n) is 4.26. The van der Waals surface area contributed by atoms with E-state index in [0.29, 0.717) is 11.6 Å². The third-order valence-corrected chi connectivity index (χ3v) is 2.00. The van der Waals surface area contributed by atoms with E-state index in [1.807, 2.05) is 12.1 Å². The maximum absolute atomic E-state index is 8.53. The summed E-state index contributed by atoms with van der Waals surface area (Å²) in [4.78, 5) is 3.96. The molecule has 0 aromatic carbocycles. The number of nitrogens with two attached hydrogens (primary N) is 1. The summed E-state index contributed by atoms with van der Waals surface area (Å²) in [5.74, 6) is 0.384. The molecule has 2 N–H and O–H groups in total. The molecule has 1 aromatic rings. The van der Waals surface area contributed by atoms with Crippen LogP contribution in [-0.2, 0) is 0 Å². The number of pyridine rings is 1. The van der Waals surface area contributed by atoms with Crippen molar-refractivity contribution in [2.24, 2.45) is 11.7 Å². The maximum atomic E-state index is 8.53. The van der Waals surface area contributed by atoms with Crippen molar-refractivity contribution in [1.82, 2.24) is 4.98 Å². The van der Waals surface area contributed by atoms with E-state index in [-0.39, 0.29) is 6.04 Å². The van der Waals surface area contributed by atoms with Gasteiger partial charge < -0.3 is 5.73 Å². The molecule has 1 rings (SSSR count). The number of aromatic nitrogens is 1. The molecule has 0 unspecified atom stereocenters. The number of nitrogens with zero attached hydrogens (tertiary/aromatic N) is 2. The SMILES string of the molecule is CC(C)[C@@H](N)c1ccc(C#N)nc1. The van der Waals surface area contributed by atoms with Crippen LogP contribution in [0.4, 0.5) is 0 Å². The second-order valence-corrected chi connectivity index (χ2v) is 3.36. The van der Waals surface area contributed by atoms with Crippen LogP contribution >= 0.6 is 0 Å². The van der Waals surface area contributed by atoms with E-state index in [9.17, 15) is 0 Å². The summed E-state index contributed by atoms with van der Waals surface area (Å²) in [5.41, 5.74) is 7.32. The van der Waals surface area contributed by atoms with Crippen molar-refractivity contribution >= 4 is 0 Å². The smallest absolute Gasteiger partial charge is 0.140 e. The summed E-state index contributed by atoms with van der Waals surface area (Å²) < 4.78 is 0. The largest absolute Gasteiger partial charge is 0.324 e. The molecule has 3 nitrogen and oxygen atoms in total. The van der Waals surface area contributed by atoms with Crippen LogP contribution < -0.4 is 5.73 Å². The fourth-order valence-corrected chi connectivity index (χ4v) is 1.05. The standard InChI is InChI=1S/C10H13N3/c1-7(2)10(12)8-3-4-9(5-11)13-6-8/h3-4,6-7,10H,12H2,1-2H3/t10-/m1/s1. The minimum atomic E-state index is 0.000225. The fourth-order valence-electron chi connectivity index (χ4n) is 1.05. The summed E-state index contributed by atoms with van der Waals surface area (Å²) >= 11 is 0. The van der Waals surface area contributed by atoms with Crippen LogP contribution in [0.5, 0.6) is 0 Å². The normalized spacial score (nSPS) is 12.5. The topological polar surface area (TPSA) is 62.7 Å². The highest BCUT2D eigenvalue weighted by Crippen LogP contribution is 2.17. The van der Waals surface area contributed by atoms with Gasteiger partial charge in [0.15, 0.2) is 0 Å². The molecule has 0 fully saturated rings. The molecule has 0 saturated carbocycles. The predicted octanol–water partition coefficient (Wildman–Crippen LogP) is 1.61. The first kappa shape index (κ1) is 9.69. The van der Waals surface area contributed by atoms with Gasteiger partial charge in [0.1, 0.15) is 11.8 Å². The number of rotatable bonds is 2. The average Bonchev–Trinajstić information content (AvgIpc) is 2.17. The highest BCUT2D eigenvalue weighted by atomic mass is 14.7. The van der Waals surface area contributed by atoms with E-state index in [0.717, 1.165) is 5.56 Å². The van der Waals surface area contributed by atoms with E-state index in [1.165, 1.54) is 0 Å². The van der Waals surface area contributed by atoms with Gasteiger partial charge in [-0.15, -0.1) is 0 Å². The van der Waals surface area contributed by atoms with Gasteiger partial charge in [-0.05, 0) is 17.5 Å². The van der Waals surface area contributed by atoms with E-state index < -0.39 is 0 Å². The van der Waals surface area contributed by atoms with E-state index in [4.69, 9.17) is 11.0 Å². The van der Waals surface area contributed by atoms with Crippen LogP contribution in [-0.4, -0.2) is 4.98 Å². The molecule has 0 radical (unpaired) electrons. The number of hydrogen-bond acceptors (Lipinski definition) is 3. The van der Waals surface area contributed by atoms with Gasteiger partial charge in [-0.3, -0.25) is 0 Å². The Morgan fingerprint density at radius 3 is 2.54 bits per heavy atom. The Morgan fingerprint density at radius 2 is 2.15 bits per heavy atom. The summed E-state index contributed by atoms with van der Waals surface area (Å²) in [6, 6.07) is 5.52. The summed E-state index contributed by atoms with van der Waals surface area (Å²) in [5, 5.41) is 8.53. The van der Waals surface area contributed by atoms with Gasteiger partial charge in [0.25, 0.3) is 0 Å². The van der Waals surface area contributed by atoms with Crippen LogP contribution in [0, 0.1) is 17.2 Å². The van der Waals surface area contributed by atoms with Gasteiger partial charge in [0.2, 0.25) is 0 Å². The second-order valence-electron chi connectivity index (χ2n) is 3.36. The van der Waals surface area contributed by atoms with Crippen LogP contribution in [0.2, 0.25) is 0 Å². The quantitative estimate of drug-likeness (QED) is 0.742. The lowest BCUT2D eigenvalue weighted by Gasteiger charge is -2.14. The van der Waals surface area contributed by atoms with Crippen LogP contribution in [0.25, 0.3) is 0 Å². The minimum Gasteiger partial charge on any atom is -0.324 e. The molecular weight excluding hydrogens is 162 g/mol. The third kappa shape index (κ3) is 2.27. The molecule has 0 bridgehead atoms. The Morgan fingerprint density at radius 1 is 1.46 bits per heavy atom. The van der Waals surface area contributed by atoms with Crippen molar-refractivity contribution in [1.29, 1.82) is 5.26 Å². The summed E-state index contributed by atoms with van der Waals surface area (Å²) in [6.07, 6.45) is 1.67. The average molecular weight is 175 g/mol. The van der Waals surface area contributed by atoms with Gasteiger partial charge >= 0.3 is 0 Å². The Bertz CT molecular complexity index is 308. The Hall–Kier alpha value is -1.40. The Kier molecular flexibility index (Phi) is 2.99. The molecule has 13 heavy (non-hydrogen) atoms. The van der Waals surface area contributed by atoms with Gasteiger partial charge in [0.05, 0.1) is 0 Å². The zero-order valence-electron chi connectivity index (χ0n) is 7.86. The maximum Gasteiger partial charge on any atom is 0.140 e. The molecule has 1 atom stereocenters. The van der Waals surface area contributed by atoms with Crippen LogP contribution in [0.3, 0.4) is 0 Å². The monoisotopic (exact) mass is 175 g/mol. The van der Waals surface area contributed by atoms with E-state index >= 15 is 0 Å². The molecular formula is C10H13N3. The summed E-state index contributed by atoms with van der Waals surface area (Å²) in [6.45, 7) is 4.12. The number of nitriles is 1. The van der Waals surface area contributed by atoms with Gasteiger partial charge in [-0.1, -0.05) is 19.9 Å². The van der Waals surface area contributed by atoms with Gasteiger partial charge in [-0.25, -0.2) is 4.98 Å². The molecule has 0 spiro atoms. The van der Waals surface area contributed by atoms with Crippen molar-refractivity contribution in [2.45, 2.75) is 19.9 Å². The summed E-state index contributed by atoms with van der Waals surface area (Å²) in [7, 11) is 0. The van der Waals surface area contributed by atoms with Gasteiger partial charge in [0, 0.05) is 12.2 Å². The Labute approximate surface area is 78.2 Å². The lowest BCUT2D eigenvalue weighted by Crippen LogP contribution is -2.16. The van der Waals surface area contributed by atoms with Crippen LogP contribution in [0.1, 0.15) is 31.1 Å². The molecule has 0 aliphatic rings. The first-order chi connectivity index (χ1) is 6.15. The molecule has 0 amide bonds. The highest BCUT2D eigenvalue weighted by Gasteiger charge is 2.10. The predicted molar refractivity (Wildman–Crippen MR) is 50.7 cm³/mol. The van der Waals surface area contributed by atoms with Crippen molar-refractivity contribution in [3.05, 3.63) is 29.6 Å². The lowest BCUT2D eigenvalue weighted by molar-refractivity contribution is 0.513. The molecule has 0 aliphatic carbocycles. The van der Waals surface area contributed by atoms with E-state index in [1.54, 1.807) is 12.3 Å². The van der Waals surface area contributed by atoms with Crippen LogP contribution in [0.15, 0.2) is 18.3 Å². The van der Waals surface area contributed by atoms with Crippen molar-refractivity contribution in [2.75, 3.05) is 0 Å². The zero-order chi connectivity index (χ0) is 9.84. The molecule has 0 aliphatic heterocycles. The molecule has 3 heteroatoms. The third-order valence-electron chi connectivity index (χ3n) is 2.00. The second kappa shape index (κ2) is 4.01. The minimum absolute atomic E-state index is 0.000225. The molecule has 0 saturated heterocycles. The van der Waals surface area contributed by atoms with Crippen molar-refractivity contribution in [3.8, 4) is 6.07 Å². The van der Waals surface area contributed by atoms with Crippen molar-refractivity contribution in [3.63, 3.8) is 0 Å². The molecule has 1 aromatic heterocycles. The van der Waals surface area contributed by atoms with Crippen molar-refractivity contribution < 1.29 is 0 Å². The Balaban J connectivity index is 2.87.